The van der Waals surface area contributed by atoms with Gasteiger partial charge >= 0.3 is 0 Å². The lowest BCUT2D eigenvalue weighted by Gasteiger charge is -2.08. The van der Waals surface area contributed by atoms with Gasteiger partial charge in [0.25, 0.3) is 0 Å². The smallest absolute Gasteiger partial charge is 0.248 e. The molecule has 0 bridgehead atoms. The molecule has 0 aliphatic heterocycles. The molecule has 2 rings (SSSR count). The fourth-order valence-electron chi connectivity index (χ4n) is 2.45. The SMILES string of the molecule is CC(C)CC(=O)Nc1ccc(NC(=O)/C=C/c2ccc(NS(C)(=O)=O)cc2)cc1. The van der Waals surface area contributed by atoms with Crippen LogP contribution in [0.4, 0.5) is 17.1 Å². The number of carbonyl (C=O) groups is 2. The van der Waals surface area contributed by atoms with Crippen LogP contribution in [-0.4, -0.2) is 26.5 Å². The maximum absolute atomic E-state index is 12.1. The first-order valence-corrected chi connectivity index (χ1v) is 11.0. The van der Waals surface area contributed by atoms with Crippen LogP contribution in [0.15, 0.2) is 54.6 Å². The summed E-state index contributed by atoms with van der Waals surface area (Å²) in [7, 11) is -3.32. The van der Waals surface area contributed by atoms with E-state index in [1.807, 2.05) is 13.8 Å². The molecule has 2 aromatic rings. The first-order chi connectivity index (χ1) is 13.6. The molecule has 0 saturated heterocycles. The van der Waals surface area contributed by atoms with Crippen LogP contribution < -0.4 is 15.4 Å². The lowest BCUT2D eigenvalue weighted by atomic mass is 10.1. The van der Waals surface area contributed by atoms with Gasteiger partial charge in [-0.05, 0) is 54.0 Å². The van der Waals surface area contributed by atoms with Gasteiger partial charge in [0.15, 0.2) is 0 Å². The lowest BCUT2D eigenvalue weighted by molar-refractivity contribution is -0.117. The van der Waals surface area contributed by atoms with Crippen molar-refractivity contribution >= 4 is 45.0 Å². The highest BCUT2D eigenvalue weighted by molar-refractivity contribution is 7.92. The summed E-state index contributed by atoms with van der Waals surface area (Å²) < 4.78 is 24.8. The third kappa shape index (κ3) is 8.61. The second-order valence-corrected chi connectivity index (χ2v) is 8.79. The molecule has 0 atom stereocenters. The number of hydrogen-bond acceptors (Lipinski definition) is 4. The van der Waals surface area contributed by atoms with Crippen LogP contribution in [-0.2, 0) is 19.6 Å². The predicted octanol–water partition coefficient (Wildman–Crippen LogP) is 3.69. The first-order valence-electron chi connectivity index (χ1n) is 9.07. The second-order valence-electron chi connectivity index (χ2n) is 7.04. The van der Waals surface area contributed by atoms with E-state index in [0.29, 0.717) is 23.5 Å². The summed E-state index contributed by atoms with van der Waals surface area (Å²) in [5.74, 6) is -0.0649. The molecule has 0 fully saturated rings. The average Bonchev–Trinajstić information content (AvgIpc) is 2.61. The van der Waals surface area contributed by atoms with E-state index in [0.717, 1.165) is 11.8 Å². The Morgan fingerprint density at radius 1 is 0.897 bits per heavy atom. The molecular formula is C21H25N3O4S. The Kier molecular flexibility index (Phi) is 7.55. The second kappa shape index (κ2) is 9.88. The van der Waals surface area contributed by atoms with E-state index in [9.17, 15) is 18.0 Å². The van der Waals surface area contributed by atoms with Gasteiger partial charge in [-0.15, -0.1) is 0 Å². The minimum atomic E-state index is -3.32. The predicted molar refractivity (Wildman–Crippen MR) is 117 cm³/mol. The number of carbonyl (C=O) groups excluding carboxylic acids is 2. The molecule has 0 radical (unpaired) electrons. The van der Waals surface area contributed by atoms with Crippen LogP contribution in [0.3, 0.4) is 0 Å². The molecule has 3 N–H and O–H groups in total. The molecule has 0 heterocycles. The highest BCUT2D eigenvalue weighted by Crippen LogP contribution is 2.15. The zero-order valence-corrected chi connectivity index (χ0v) is 17.4. The molecule has 7 nitrogen and oxygen atoms in total. The van der Waals surface area contributed by atoms with Crippen molar-refractivity contribution in [2.45, 2.75) is 20.3 Å². The van der Waals surface area contributed by atoms with Crippen molar-refractivity contribution in [1.29, 1.82) is 0 Å². The molecular weight excluding hydrogens is 390 g/mol. The zero-order chi connectivity index (χ0) is 21.4. The van der Waals surface area contributed by atoms with E-state index < -0.39 is 10.0 Å². The van der Waals surface area contributed by atoms with Crippen molar-refractivity contribution in [2.75, 3.05) is 21.6 Å². The average molecular weight is 416 g/mol. The van der Waals surface area contributed by atoms with Gasteiger partial charge in [0.05, 0.1) is 6.26 Å². The summed E-state index contributed by atoms with van der Waals surface area (Å²) in [5.41, 5.74) is 2.48. The Balaban J connectivity index is 1.89. The summed E-state index contributed by atoms with van der Waals surface area (Å²) in [6, 6.07) is 13.5. The standard InChI is InChI=1S/C21H25N3O4S/c1-15(2)14-21(26)23-18-11-9-17(10-12-18)22-20(25)13-6-16-4-7-19(8-5-16)24-29(3,27)28/h4-13,15,24H,14H2,1-3H3,(H,22,25)(H,23,26)/b13-6+. The summed E-state index contributed by atoms with van der Waals surface area (Å²) in [4.78, 5) is 23.8. The van der Waals surface area contributed by atoms with E-state index >= 15 is 0 Å². The molecule has 2 aromatic carbocycles. The van der Waals surface area contributed by atoms with Crippen LogP contribution in [0.2, 0.25) is 0 Å². The van der Waals surface area contributed by atoms with Crippen LogP contribution >= 0.6 is 0 Å². The summed E-state index contributed by atoms with van der Waals surface area (Å²) in [6.07, 6.45) is 4.54. The lowest BCUT2D eigenvalue weighted by Crippen LogP contribution is -2.14. The quantitative estimate of drug-likeness (QED) is 0.572. The number of amides is 2. The third-order valence-electron chi connectivity index (χ3n) is 3.67. The van der Waals surface area contributed by atoms with Gasteiger partial charge in [-0.2, -0.15) is 0 Å². The molecule has 0 aliphatic carbocycles. The normalized spacial score (nSPS) is 11.4. The van der Waals surface area contributed by atoms with Gasteiger partial charge in [-0.25, -0.2) is 8.42 Å². The van der Waals surface area contributed by atoms with Crippen molar-refractivity contribution in [3.05, 3.63) is 60.2 Å². The highest BCUT2D eigenvalue weighted by Gasteiger charge is 2.06. The minimum absolute atomic E-state index is 0.0440. The van der Waals surface area contributed by atoms with E-state index in [2.05, 4.69) is 15.4 Å². The van der Waals surface area contributed by atoms with Gasteiger partial charge in [-0.3, -0.25) is 14.3 Å². The largest absolute Gasteiger partial charge is 0.326 e. The fraction of sp³-hybridized carbons (Fsp3) is 0.238. The molecule has 8 heteroatoms. The van der Waals surface area contributed by atoms with Gasteiger partial charge in [0, 0.05) is 29.6 Å². The molecule has 2 amide bonds. The van der Waals surface area contributed by atoms with Crippen molar-refractivity contribution in [3.63, 3.8) is 0 Å². The number of anilines is 3. The Hall–Kier alpha value is -3.13. The zero-order valence-electron chi connectivity index (χ0n) is 16.6. The minimum Gasteiger partial charge on any atom is -0.326 e. The Bertz CT molecular complexity index is 980. The topological polar surface area (TPSA) is 104 Å². The van der Waals surface area contributed by atoms with Gasteiger partial charge in [0.1, 0.15) is 0 Å². The van der Waals surface area contributed by atoms with Crippen molar-refractivity contribution < 1.29 is 18.0 Å². The monoisotopic (exact) mass is 415 g/mol. The van der Waals surface area contributed by atoms with Crippen LogP contribution in [0.1, 0.15) is 25.8 Å². The number of sulfonamides is 1. The van der Waals surface area contributed by atoms with E-state index in [-0.39, 0.29) is 17.7 Å². The molecule has 0 spiro atoms. The van der Waals surface area contributed by atoms with Crippen molar-refractivity contribution in [3.8, 4) is 0 Å². The van der Waals surface area contributed by atoms with Crippen LogP contribution in [0.25, 0.3) is 6.08 Å². The van der Waals surface area contributed by atoms with Crippen LogP contribution in [0, 0.1) is 5.92 Å². The highest BCUT2D eigenvalue weighted by atomic mass is 32.2. The molecule has 154 valence electrons. The summed E-state index contributed by atoms with van der Waals surface area (Å²) in [5, 5.41) is 5.55. The third-order valence-corrected chi connectivity index (χ3v) is 4.28. The Labute approximate surface area is 171 Å². The van der Waals surface area contributed by atoms with E-state index in [4.69, 9.17) is 0 Å². The molecule has 0 unspecified atom stereocenters. The Morgan fingerprint density at radius 2 is 1.41 bits per heavy atom. The number of nitrogens with one attached hydrogen (secondary N) is 3. The van der Waals surface area contributed by atoms with Gasteiger partial charge in [0.2, 0.25) is 21.8 Å². The van der Waals surface area contributed by atoms with Gasteiger partial charge in [-0.1, -0.05) is 26.0 Å². The van der Waals surface area contributed by atoms with Crippen LogP contribution in [0.5, 0.6) is 0 Å². The molecule has 29 heavy (non-hydrogen) atoms. The van der Waals surface area contributed by atoms with Crippen molar-refractivity contribution in [2.24, 2.45) is 5.92 Å². The molecule has 0 aliphatic rings. The fourth-order valence-corrected chi connectivity index (χ4v) is 3.02. The van der Waals surface area contributed by atoms with E-state index in [1.54, 1.807) is 54.6 Å². The van der Waals surface area contributed by atoms with Gasteiger partial charge < -0.3 is 10.6 Å². The number of rotatable bonds is 8. The maximum Gasteiger partial charge on any atom is 0.248 e. The van der Waals surface area contributed by atoms with Crippen molar-refractivity contribution in [1.82, 2.24) is 0 Å². The van der Waals surface area contributed by atoms with E-state index in [1.165, 1.54) is 6.08 Å². The number of benzene rings is 2. The molecule has 0 aromatic heterocycles. The Morgan fingerprint density at radius 3 is 1.93 bits per heavy atom. The summed E-state index contributed by atoms with van der Waals surface area (Å²) >= 11 is 0. The molecule has 0 saturated carbocycles. The maximum atomic E-state index is 12.1. The number of hydrogen-bond donors (Lipinski definition) is 3. The summed E-state index contributed by atoms with van der Waals surface area (Å²) in [6.45, 7) is 3.96. The first kappa shape index (κ1) is 22.2.